The summed E-state index contributed by atoms with van der Waals surface area (Å²) in [4.78, 5) is 4.56. The maximum atomic E-state index is 5.36. The Kier molecular flexibility index (Phi) is 2.39. The molecular formula is C12H14BNO. The molecule has 0 saturated carbocycles. The van der Waals surface area contributed by atoms with Crippen LogP contribution in [0.2, 0.25) is 0 Å². The van der Waals surface area contributed by atoms with Crippen LogP contribution in [0.25, 0.3) is 10.9 Å². The molecule has 0 aliphatic rings. The molecule has 1 aromatic carbocycles. The number of fused-ring (bicyclic) bond motifs is 1. The lowest BCUT2D eigenvalue weighted by atomic mass is 9.88. The molecule has 0 amide bonds. The highest BCUT2D eigenvalue weighted by Crippen LogP contribution is 2.24. The Morgan fingerprint density at radius 2 is 2.00 bits per heavy atom. The van der Waals surface area contributed by atoms with Gasteiger partial charge in [-0.15, -0.1) is 0 Å². The number of pyridine rings is 1. The molecule has 0 aliphatic carbocycles. The van der Waals surface area contributed by atoms with Gasteiger partial charge in [0.25, 0.3) is 0 Å². The maximum absolute atomic E-state index is 5.36. The molecular weight excluding hydrogens is 185 g/mol. The van der Waals surface area contributed by atoms with Crippen LogP contribution >= 0.6 is 0 Å². The number of aromatic nitrogens is 1. The highest BCUT2D eigenvalue weighted by atomic mass is 16.5. The van der Waals surface area contributed by atoms with Crippen LogP contribution in [-0.2, 0) is 0 Å². The fourth-order valence-corrected chi connectivity index (χ4v) is 1.79. The van der Waals surface area contributed by atoms with Crippen molar-refractivity contribution in [1.82, 2.24) is 4.98 Å². The van der Waals surface area contributed by atoms with Crippen LogP contribution in [0.1, 0.15) is 11.3 Å². The second-order valence-corrected chi connectivity index (χ2v) is 3.87. The molecule has 0 aliphatic heterocycles. The molecule has 2 nitrogen and oxygen atoms in total. The van der Waals surface area contributed by atoms with Crippen molar-refractivity contribution in [2.75, 3.05) is 7.11 Å². The molecule has 0 fully saturated rings. The molecule has 1 aromatic heterocycles. The van der Waals surface area contributed by atoms with E-state index in [1.54, 1.807) is 7.11 Å². The third-order valence-corrected chi connectivity index (χ3v) is 2.82. The predicted octanol–water partition coefficient (Wildman–Crippen LogP) is 1.12. The van der Waals surface area contributed by atoms with Crippen molar-refractivity contribution in [2.24, 2.45) is 0 Å². The summed E-state index contributed by atoms with van der Waals surface area (Å²) < 4.78 is 5.36. The van der Waals surface area contributed by atoms with Crippen molar-refractivity contribution in [2.45, 2.75) is 13.8 Å². The molecule has 2 aromatic rings. The van der Waals surface area contributed by atoms with Crippen molar-refractivity contribution < 1.29 is 4.74 Å². The SMILES string of the molecule is Bc1c(C)ccc2c(OC)cc(C)nc12. The molecule has 0 radical (unpaired) electrons. The second-order valence-electron chi connectivity index (χ2n) is 3.87. The van der Waals surface area contributed by atoms with E-state index in [0.717, 1.165) is 22.3 Å². The van der Waals surface area contributed by atoms with E-state index in [2.05, 4.69) is 31.9 Å². The van der Waals surface area contributed by atoms with Gasteiger partial charge in [0.2, 0.25) is 0 Å². The number of ether oxygens (including phenoxy) is 1. The standard InChI is InChI=1S/C12H14BNO/c1-7-4-5-9-10(15-3)6-8(2)14-12(9)11(7)13/h4-6H,13H2,1-3H3. The topological polar surface area (TPSA) is 22.1 Å². The number of hydrogen-bond acceptors (Lipinski definition) is 2. The molecule has 15 heavy (non-hydrogen) atoms. The van der Waals surface area contributed by atoms with Gasteiger partial charge in [-0.1, -0.05) is 17.1 Å². The van der Waals surface area contributed by atoms with Gasteiger partial charge in [-0.2, -0.15) is 0 Å². The van der Waals surface area contributed by atoms with E-state index in [0.29, 0.717) is 0 Å². The van der Waals surface area contributed by atoms with E-state index >= 15 is 0 Å². The summed E-state index contributed by atoms with van der Waals surface area (Å²) in [5, 5.41) is 1.09. The first-order valence-electron chi connectivity index (χ1n) is 5.05. The summed E-state index contributed by atoms with van der Waals surface area (Å²) in [6.45, 7) is 4.09. The Balaban J connectivity index is 2.89. The molecule has 0 unspecified atom stereocenters. The summed E-state index contributed by atoms with van der Waals surface area (Å²) in [7, 11) is 3.80. The number of hydrogen-bond donors (Lipinski definition) is 0. The lowest BCUT2D eigenvalue weighted by Crippen LogP contribution is -2.10. The van der Waals surface area contributed by atoms with E-state index in [9.17, 15) is 0 Å². The average Bonchev–Trinajstić information content (AvgIpc) is 2.23. The second kappa shape index (κ2) is 3.57. The van der Waals surface area contributed by atoms with Gasteiger partial charge in [0, 0.05) is 17.1 Å². The van der Waals surface area contributed by atoms with Gasteiger partial charge >= 0.3 is 0 Å². The fourth-order valence-electron chi connectivity index (χ4n) is 1.79. The van der Waals surface area contributed by atoms with Gasteiger partial charge in [-0.05, 0) is 19.9 Å². The fraction of sp³-hybridized carbons (Fsp3) is 0.250. The van der Waals surface area contributed by atoms with Crippen molar-refractivity contribution >= 4 is 24.2 Å². The minimum absolute atomic E-state index is 0.903. The summed E-state index contributed by atoms with van der Waals surface area (Å²) >= 11 is 0. The quantitative estimate of drug-likeness (QED) is 0.642. The molecule has 0 bridgehead atoms. The zero-order chi connectivity index (χ0) is 11.0. The molecule has 0 N–H and O–H groups in total. The van der Waals surface area contributed by atoms with Crippen molar-refractivity contribution in [3.63, 3.8) is 0 Å². The Bertz CT molecular complexity index is 523. The summed E-state index contributed by atoms with van der Waals surface area (Å²) in [6, 6.07) is 6.15. The zero-order valence-electron chi connectivity index (χ0n) is 9.59. The molecule has 76 valence electrons. The molecule has 3 heteroatoms. The molecule has 0 saturated heterocycles. The van der Waals surface area contributed by atoms with Gasteiger partial charge in [0.05, 0.1) is 12.6 Å². The lowest BCUT2D eigenvalue weighted by molar-refractivity contribution is 0.419. The van der Waals surface area contributed by atoms with Gasteiger partial charge in [0.15, 0.2) is 0 Å². The van der Waals surface area contributed by atoms with Crippen LogP contribution in [0, 0.1) is 13.8 Å². The Hall–Kier alpha value is -1.51. The summed E-state index contributed by atoms with van der Waals surface area (Å²) in [6.07, 6.45) is 0. The van der Waals surface area contributed by atoms with Crippen LogP contribution in [0.15, 0.2) is 18.2 Å². The highest BCUT2D eigenvalue weighted by Gasteiger charge is 2.07. The molecule has 0 spiro atoms. The Labute approximate surface area is 90.7 Å². The summed E-state index contributed by atoms with van der Waals surface area (Å²) in [5.74, 6) is 0.903. The van der Waals surface area contributed by atoms with Crippen molar-refractivity contribution in [3.05, 3.63) is 29.5 Å². The number of nitrogens with zero attached hydrogens (tertiary/aromatic N) is 1. The smallest absolute Gasteiger partial charge is 0.142 e. The van der Waals surface area contributed by atoms with Gasteiger partial charge < -0.3 is 4.74 Å². The highest BCUT2D eigenvalue weighted by molar-refractivity contribution is 6.39. The molecule has 1 heterocycles. The monoisotopic (exact) mass is 199 g/mol. The first-order chi connectivity index (χ1) is 7.13. The number of rotatable bonds is 1. The predicted molar refractivity (Wildman–Crippen MR) is 65.9 cm³/mol. The third kappa shape index (κ3) is 1.58. The van der Waals surface area contributed by atoms with Gasteiger partial charge in [-0.3, -0.25) is 4.98 Å². The lowest BCUT2D eigenvalue weighted by Gasteiger charge is -2.10. The van der Waals surface area contributed by atoms with Gasteiger partial charge in [0.1, 0.15) is 13.6 Å². The van der Waals surface area contributed by atoms with Crippen LogP contribution in [-0.4, -0.2) is 19.9 Å². The minimum Gasteiger partial charge on any atom is -0.496 e. The minimum atomic E-state index is 0.903. The summed E-state index contributed by atoms with van der Waals surface area (Å²) in [5.41, 5.74) is 4.54. The Morgan fingerprint density at radius 3 is 2.67 bits per heavy atom. The van der Waals surface area contributed by atoms with E-state index in [-0.39, 0.29) is 0 Å². The van der Waals surface area contributed by atoms with E-state index in [1.807, 2.05) is 13.0 Å². The van der Waals surface area contributed by atoms with Crippen molar-refractivity contribution in [3.8, 4) is 5.75 Å². The third-order valence-electron chi connectivity index (χ3n) is 2.82. The van der Waals surface area contributed by atoms with Gasteiger partial charge in [-0.25, -0.2) is 0 Å². The normalized spacial score (nSPS) is 10.6. The number of aryl methyl sites for hydroxylation is 2. The molecule has 2 rings (SSSR count). The number of benzene rings is 1. The first kappa shape index (κ1) is 10.0. The largest absolute Gasteiger partial charge is 0.496 e. The molecule has 0 atom stereocenters. The Morgan fingerprint density at radius 1 is 1.27 bits per heavy atom. The van der Waals surface area contributed by atoms with Crippen LogP contribution < -0.4 is 10.2 Å². The maximum Gasteiger partial charge on any atom is 0.142 e. The first-order valence-corrected chi connectivity index (χ1v) is 5.05. The average molecular weight is 199 g/mol. The van der Waals surface area contributed by atoms with Crippen LogP contribution in [0.5, 0.6) is 5.75 Å². The van der Waals surface area contributed by atoms with Crippen LogP contribution in [0.3, 0.4) is 0 Å². The van der Waals surface area contributed by atoms with Crippen molar-refractivity contribution in [1.29, 1.82) is 0 Å². The van der Waals surface area contributed by atoms with Crippen LogP contribution in [0.4, 0.5) is 0 Å². The van der Waals surface area contributed by atoms with E-state index < -0.39 is 0 Å². The number of methoxy groups -OCH3 is 1. The van der Waals surface area contributed by atoms with E-state index in [1.165, 1.54) is 11.0 Å². The zero-order valence-corrected chi connectivity index (χ0v) is 9.59. The van der Waals surface area contributed by atoms with E-state index in [4.69, 9.17) is 4.74 Å².